The van der Waals surface area contributed by atoms with Crippen LogP contribution in [0.4, 0.5) is 0 Å². The molecule has 0 saturated carbocycles. The van der Waals surface area contributed by atoms with Crippen LogP contribution in [0.3, 0.4) is 0 Å². The van der Waals surface area contributed by atoms with Crippen molar-refractivity contribution >= 4 is 0 Å². The Kier molecular flexibility index (Phi) is 5.40. The van der Waals surface area contributed by atoms with Gasteiger partial charge in [-0.2, -0.15) is 0 Å². The Labute approximate surface area is 128 Å². The number of rotatable bonds is 6. The summed E-state index contributed by atoms with van der Waals surface area (Å²) in [7, 11) is 1.98. The summed E-state index contributed by atoms with van der Waals surface area (Å²) in [5.74, 6) is 0.924. The number of benzene rings is 2. The molecule has 0 aromatic heterocycles. The molecule has 2 atom stereocenters. The number of nitrogens with one attached hydrogen (secondary N) is 1. The van der Waals surface area contributed by atoms with E-state index in [-0.39, 0.29) is 12.1 Å². The molecule has 0 bridgehead atoms. The fourth-order valence-corrected chi connectivity index (χ4v) is 2.60. The average molecular weight is 283 g/mol. The van der Waals surface area contributed by atoms with E-state index in [9.17, 15) is 0 Å². The van der Waals surface area contributed by atoms with Gasteiger partial charge in [0.1, 0.15) is 11.9 Å². The Morgan fingerprint density at radius 2 is 1.81 bits per heavy atom. The van der Waals surface area contributed by atoms with Gasteiger partial charge in [0, 0.05) is 0 Å². The third-order valence-corrected chi connectivity index (χ3v) is 3.84. The van der Waals surface area contributed by atoms with Gasteiger partial charge in [-0.05, 0) is 56.1 Å². The summed E-state index contributed by atoms with van der Waals surface area (Å²) in [6, 6.07) is 17.1. The van der Waals surface area contributed by atoms with E-state index in [0.717, 1.165) is 12.2 Å². The zero-order valence-electron chi connectivity index (χ0n) is 13.4. The second kappa shape index (κ2) is 7.28. The minimum absolute atomic E-state index is 0.0595. The number of likely N-dealkylation sites (N-methyl/N-ethyl adjacent to an activating group) is 1. The Morgan fingerprint density at radius 1 is 1.10 bits per heavy atom. The van der Waals surface area contributed by atoms with Crippen LogP contribution >= 0.6 is 0 Å². The molecule has 0 heterocycles. The molecule has 2 nitrogen and oxygen atoms in total. The molecule has 2 aromatic rings. The van der Waals surface area contributed by atoms with Gasteiger partial charge < -0.3 is 10.1 Å². The Hall–Kier alpha value is -1.80. The maximum absolute atomic E-state index is 6.10. The predicted octanol–water partition coefficient (Wildman–Crippen LogP) is 4.29. The first-order valence-corrected chi connectivity index (χ1v) is 7.63. The summed E-state index contributed by atoms with van der Waals surface area (Å²) in [5.41, 5.74) is 3.84. The van der Waals surface area contributed by atoms with Gasteiger partial charge in [-0.25, -0.2) is 0 Å². The van der Waals surface area contributed by atoms with E-state index in [1.165, 1.54) is 16.7 Å². The minimum Gasteiger partial charge on any atom is -0.489 e. The van der Waals surface area contributed by atoms with Crippen molar-refractivity contribution < 1.29 is 4.74 Å². The highest BCUT2D eigenvalue weighted by Crippen LogP contribution is 2.23. The lowest BCUT2D eigenvalue weighted by atomic mass is 10.0. The van der Waals surface area contributed by atoms with Gasteiger partial charge in [0.25, 0.3) is 0 Å². The highest BCUT2D eigenvalue weighted by molar-refractivity contribution is 5.29. The molecule has 2 aromatic carbocycles. The van der Waals surface area contributed by atoms with Crippen LogP contribution in [0.15, 0.2) is 48.5 Å². The van der Waals surface area contributed by atoms with Crippen molar-refractivity contribution in [3.05, 3.63) is 65.2 Å². The molecule has 0 aliphatic rings. The van der Waals surface area contributed by atoms with Crippen molar-refractivity contribution in [2.24, 2.45) is 0 Å². The number of aryl methyl sites for hydroxylation is 2. The second-order valence-electron chi connectivity index (χ2n) is 5.50. The van der Waals surface area contributed by atoms with Crippen molar-refractivity contribution in [2.45, 2.75) is 39.3 Å². The van der Waals surface area contributed by atoms with Crippen molar-refractivity contribution in [3.8, 4) is 5.75 Å². The Balaban J connectivity index is 2.12. The van der Waals surface area contributed by atoms with Gasteiger partial charge >= 0.3 is 0 Å². The van der Waals surface area contributed by atoms with Crippen LogP contribution in [0, 0.1) is 6.92 Å². The summed E-state index contributed by atoms with van der Waals surface area (Å²) in [4.78, 5) is 0. The molecule has 0 aliphatic carbocycles. The molecular formula is C19H25NO. The Morgan fingerprint density at radius 3 is 2.38 bits per heavy atom. The van der Waals surface area contributed by atoms with Crippen molar-refractivity contribution in [1.29, 1.82) is 0 Å². The van der Waals surface area contributed by atoms with Crippen LogP contribution in [-0.4, -0.2) is 13.2 Å². The first-order valence-electron chi connectivity index (χ1n) is 7.63. The lowest BCUT2D eigenvalue weighted by molar-refractivity contribution is 0.175. The maximum atomic E-state index is 6.10. The summed E-state index contributed by atoms with van der Waals surface area (Å²) in [6.45, 7) is 6.36. The standard InChI is InChI=1S/C19H25NO/c1-5-16-9-11-17(12-10-16)19(20-4)15(3)21-18-8-6-7-14(2)13-18/h6-13,15,19-20H,5H2,1-4H3. The van der Waals surface area contributed by atoms with Gasteiger partial charge in [0.2, 0.25) is 0 Å². The first-order chi connectivity index (χ1) is 10.1. The van der Waals surface area contributed by atoms with E-state index < -0.39 is 0 Å². The molecular weight excluding hydrogens is 258 g/mol. The predicted molar refractivity (Wildman–Crippen MR) is 88.9 cm³/mol. The normalized spacial score (nSPS) is 13.7. The lowest BCUT2D eigenvalue weighted by Crippen LogP contribution is -2.31. The highest BCUT2D eigenvalue weighted by Gasteiger charge is 2.19. The van der Waals surface area contributed by atoms with Gasteiger partial charge in [-0.3, -0.25) is 0 Å². The maximum Gasteiger partial charge on any atom is 0.120 e. The topological polar surface area (TPSA) is 21.3 Å². The van der Waals surface area contributed by atoms with E-state index in [4.69, 9.17) is 4.74 Å². The summed E-state index contributed by atoms with van der Waals surface area (Å²) in [5, 5.41) is 3.37. The first kappa shape index (κ1) is 15.6. The molecule has 0 saturated heterocycles. The van der Waals surface area contributed by atoms with Crippen molar-refractivity contribution in [3.63, 3.8) is 0 Å². The molecule has 0 fully saturated rings. The molecule has 2 rings (SSSR count). The Bertz CT molecular complexity index is 562. The minimum atomic E-state index is 0.0595. The summed E-state index contributed by atoms with van der Waals surface area (Å²) in [6.07, 6.45) is 1.13. The third kappa shape index (κ3) is 4.08. The third-order valence-electron chi connectivity index (χ3n) is 3.84. The van der Waals surface area contributed by atoms with Crippen LogP contribution in [-0.2, 0) is 6.42 Å². The molecule has 2 unspecified atom stereocenters. The zero-order chi connectivity index (χ0) is 15.2. The molecule has 0 amide bonds. The highest BCUT2D eigenvalue weighted by atomic mass is 16.5. The van der Waals surface area contributed by atoms with Crippen LogP contribution in [0.25, 0.3) is 0 Å². The smallest absolute Gasteiger partial charge is 0.120 e. The average Bonchev–Trinajstić information content (AvgIpc) is 2.48. The van der Waals surface area contributed by atoms with Gasteiger partial charge in [0.15, 0.2) is 0 Å². The molecule has 0 radical (unpaired) electrons. The van der Waals surface area contributed by atoms with Crippen molar-refractivity contribution in [1.82, 2.24) is 5.32 Å². The van der Waals surface area contributed by atoms with Crippen LogP contribution in [0.5, 0.6) is 5.75 Å². The van der Waals surface area contributed by atoms with Gasteiger partial charge in [0.05, 0.1) is 6.04 Å². The van der Waals surface area contributed by atoms with Crippen LogP contribution < -0.4 is 10.1 Å². The van der Waals surface area contributed by atoms with E-state index in [0.29, 0.717) is 0 Å². The largest absolute Gasteiger partial charge is 0.489 e. The summed E-state index contributed by atoms with van der Waals surface area (Å²) < 4.78 is 6.10. The molecule has 0 aliphatic heterocycles. The number of hydrogen-bond acceptors (Lipinski definition) is 2. The second-order valence-corrected chi connectivity index (χ2v) is 5.50. The van der Waals surface area contributed by atoms with E-state index in [1.807, 2.05) is 19.2 Å². The van der Waals surface area contributed by atoms with Crippen LogP contribution in [0.2, 0.25) is 0 Å². The monoisotopic (exact) mass is 283 g/mol. The molecule has 2 heteroatoms. The van der Waals surface area contributed by atoms with E-state index >= 15 is 0 Å². The van der Waals surface area contributed by atoms with Crippen molar-refractivity contribution in [2.75, 3.05) is 7.05 Å². The quantitative estimate of drug-likeness (QED) is 0.854. The zero-order valence-corrected chi connectivity index (χ0v) is 13.4. The number of ether oxygens (including phenoxy) is 1. The van der Waals surface area contributed by atoms with E-state index in [2.05, 4.69) is 62.5 Å². The van der Waals surface area contributed by atoms with E-state index in [1.54, 1.807) is 0 Å². The molecule has 1 N–H and O–H groups in total. The molecule has 21 heavy (non-hydrogen) atoms. The number of hydrogen-bond donors (Lipinski definition) is 1. The summed E-state index contributed by atoms with van der Waals surface area (Å²) >= 11 is 0. The fraction of sp³-hybridized carbons (Fsp3) is 0.368. The SMILES string of the molecule is CCc1ccc(C(NC)C(C)Oc2cccc(C)c2)cc1. The molecule has 0 spiro atoms. The van der Waals surface area contributed by atoms with Crippen LogP contribution in [0.1, 0.15) is 36.6 Å². The fourth-order valence-electron chi connectivity index (χ4n) is 2.60. The molecule has 112 valence electrons. The van der Waals surface area contributed by atoms with Gasteiger partial charge in [-0.15, -0.1) is 0 Å². The van der Waals surface area contributed by atoms with Gasteiger partial charge in [-0.1, -0.05) is 43.3 Å². The lowest BCUT2D eigenvalue weighted by Gasteiger charge is -2.25.